The summed E-state index contributed by atoms with van der Waals surface area (Å²) in [5.41, 5.74) is 0.572. The molecule has 0 aliphatic heterocycles. The van der Waals surface area contributed by atoms with Crippen LogP contribution >= 0.6 is 0 Å². The minimum atomic E-state index is -0.750. The molecule has 68 valence electrons. The van der Waals surface area contributed by atoms with E-state index < -0.39 is 5.60 Å². The van der Waals surface area contributed by atoms with E-state index in [1.807, 2.05) is 18.2 Å². The first-order chi connectivity index (χ1) is 5.39. The second-order valence-electron chi connectivity index (χ2n) is 3.77. The quantitative estimate of drug-likeness (QED) is 0.486. The first kappa shape index (κ1) is 15.6. The summed E-state index contributed by atoms with van der Waals surface area (Å²) >= 11 is 0. The summed E-state index contributed by atoms with van der Waals surface area (Å²) in [5, 5.41) is 10.1. The Kier molecular flexibility index (Phi) is 9.11. The van der Waals surface area contributed by atoms with Gasteiger partial charge in [0.05, 0.1) is 0 Å². The van der Waals surface area contributed by atoms with Crippen molar-refractivity contribution in [1.82, 2.24) is 0 Å². The number of hydrogen-bond acceptors (Lipinski definition) is 1. The molecule has 0 saturated carbocycles. The van der Waals surface area contributed by atoms with Crippen molar-refractivity contribution in [3.05, 3.63) is 35.9 Å². The molecule has 1 nitrogen and oxygen atoms in total. The van der Waals surface area contributed by atoms with Crippen molar-refractivity contribution in [2.75, 3.05) is 0 Å². The molecule has 0 bridgehead atoms. The van der Waals surface area contributed by atoms with Gasteiger partial charge in [-0.05, 0) is 6.92 Å². The van der Waals surface area contributed by atoms with Gasteiger partial charge in [-0.1, -0.05) is 56.7 Å². The Bertz CT molecular complexity index is 195. The normalized spacial score (nSPS) is 9.31. The molecular weight excluding hydrogens is 171 g/mol. The van der Waals surface area contributed by atoms with Gasteiger partial charge in [-0.25, -0.2) is 0 Å². The van der Waals surface area contributed by atoms with Crippen molar-refractivity contribution in [3.63, 3.8) is 0 Å². The zero-order valence-electron chi connectivity index (χ0n) is 9.29. The molecule has 0 heterocycles. The fourth-order valence-corrected chi connectivity index (χ4v) is 0.534. The summed E-state index contributed by atoms with van der Waals surface area (Å²) in [6, 6.07) is 10.3. The van der Waals surface area contributed by atoms with Crippen LogP contribution in [0.5, 0.6) is 0 Å². The van der Waals surface area contributed by atoms with E-state index in [1.54, 1.807) is 20.8 Å². The SMILES string of the molecule is CC(C)(C)[O-].Cc1ccccc1.[Na+]. The summed E-state index contributed by atoms with van der Waals surface area (Å²) in [4.78, 5) is 0. The van der Waals surface area contributed by atoms with Crippen molar-refractivity contribution in [2.45, 2.75) is 33.3 Å². The molecule has 0 fully saturated rings. The van der Waals surface area contributed by atoms with Crippen molar-refractivity contribution in [2.24, 2.45) is 0 Å². The van der Waals surface area contributed by atoms with Crippen LogP contribution in [0.2, 0.25) is 0 Å². The minimum Gasteiger partial charge on any atom is -0.850 e. The van der Waals surface area contributed by atoms with Gasteiger partial charge in [-0.3, -0.25) is 0 Å². The summed E-state index contributed by atoms with van der Waals surface area (Å²) in [7, 11) is 0. The number of benzene rings is 1. The topological polar surface area (TPSA) is 23.1 Å². The summed E-state index contributed by atoms with van der Waals surface area (Å²) in [5.74, 6) is 0. The molecule has 0 radical (unpaired) electrons. The maximum atomic E-state index is 10.1. The standard InChI is InChI=1S/C7H8.C4H9O.Na/c1-7-5-3-2-4-6-7;1-4(2,3)5;/h2-6H,1H3;1-3H3;/q;-1;+1. The van der Waals surface area contributed by atoms with E-state index in [1.165, 1.54) is 5.56 Å². The molecule has 1 rings (SSSR count). The van der Waals surface area contributed by atoms with Gasteiger partial charge >= 0.3 is 29.6 Å². The molecule has 0 aromatic heterocycles. The zero-order chi connectivity index (χ0) is 9.61. The van der Waals surface area contributed by atoms with Gasteiger partial charge in [0.15, 0.2) is 0 Å². The molecule has 0 N–H and O–H groups in total. The van der Waals surface area contributed by atoms with Crippen LogP contribution in [0.4, 0.5) is 0 Å². The van der Waals surface area contributed by atoms with Gasteiger partial charge in [0.2, 0.25) is 0 Å². The van der Waals surface area contributed by atoms with Crippen molar-refractivity contribution < 1.29 is 34.7 Å². The molecule has 13 heavy (non-hydrogen) atoms. The van der Waals surface area contributed by atoms with E-state index in [-0.39, 0.29) is 29.6 Å². The van der Waals surface area contributed by atoms with E-state index in [2.05, 4.69) is 19.1 Å². The fourth-order valence-electron chi connectivity index (χ4n) is 0.534. The predicted molar refractivity (Wildman–Crippen MR) is 50.9 cm³/mol. The van der Waals surface area contributed by atoms with E-state index >= 15 is 0 Å². The van der Waals surface area contributed by atoms with Gasteiger partial charge in [0.25, 0.3) is 0 Å². The van der Waals surface area contributed by atoms with E-state index in [0.29, 0.717) is 0 Å². The number of aryl methyl sites for hydroxylation is 1. The average Bonchev–Trinajstić information content (AvgIpc) is 1.85. The third-order valence-electron chi connectivity index (χ3n) is 0.940. The maximum absolute atomic E-state index is 10.1. The molecule has 0 aliphatic rings. The van der Waals surface area contributed by atoms with Crippen LogP contribution in [-0.2, 0) is 0 Å². The van der Waals surface area contributed by atoms with Gasteiger partial charge in [0, 0.05) is 0 Å². The monoisotopic (exact) mass is 188 g/mol. The zero-order valence-corrected chi connectivity index (χ0v) is 11.3. The predicted octanol–water partition coefficient (Wildman–Crippen LogP) is -0.856. The second-order valence-corrected chi connectivity index (χ2v) is 3.77. The third kappa shape index (κ3) is 18.9. The van der Waals surface area contributed by atoms with E-state index in [0.717, 1.165) is 0 Å². The van der Waals surface area contributed by atoms with Gasteiger partial charge in [0.1, 0.15) is 0 Å². The molecule has 0 atom stereocenters. The Balaban J connectivity index is 0. The van der Waals surface area contributed by atoms with Gasteiger partial charge in [-0.2, -0.15) is 0 Å². The Morgan fingerprint density at radius 2 is 1.31 bits per heavy atom. The molecule has 2 heteroatoms. The van der Waals surface area contributed by atoms with Crippen LogP contribution in [0.15, 0.2) is 30.3 Å². The first-order valence-corrected chi connectivity index (χ1v) is 4.11. The summed E-state index contributed by atoms with van der Waals surface area (Å²) in [6.45, 7) is 6.98. The maximum Gasteiger partial charge on any atom is 1.00 e. The fraction of sp³-hybridized carbons (Fsp3) is 0.455. The Morgan fingerprint density at radius 1 is 1.00 bits per heavy atom. The van der Waals surface area contributed by atoms with Crippen LogP contribution in [0, 0.1) is 6.92 Å². The molecular formula is C11H17NaO. The third-order valence-corrected chi connectivity index (χ3v) is 0.940. The Morgan fingerprint density at radius 3 is 1.46 bits per heavy atom. The van der Waals surface area contributed by atoms with Crippen molar-refractivity contribution >= 4 is 0 Å². The Labute approximate surface area is 103 Å². The van der Waals surface area contributed by atoms with Crippen molar-refractivity contribution in [3.8, 4) is 0 Å². The van der Waals surface area contributed by atoms with Crippen molar-refractivity contribution in [1.29, 1.82) is 0 Å². The minimum absolute atomic E-state index is 0. The first-order valence-electron chi connectivity index (χ1n) is 4.11. The van der Waals surface area contributed by atoms with Crippen LogP contribution in [0.1, 0.15) is 26.3 Å². The van der Waals surface area contributed by atoms with E-state index in [9.17, 15) is 5.11 Å². The van der Waals surface area contributed by atoms with Gasteiger partial charge < -0.3 is 5.11 Å². The molecule has 0 aliphatic carbocycles. The Hall–Kier alpha value is 0.180. The molecule has 0 saturated heterocycles. The summed E-state index contributed by atoms with van der Waals surface area (Å²) < 4.78 is 0. The largest absolute Gasteiger partial charge is 1.00 e. The van der Waals surface area contributed by atoms with Crippen LogP contribution < -0.4 is 34.7 Å². The smallest absolute Gasteiger partial charge is 0.850 e. The van der Waals surface area contributed by atoms with Crippen LogP contribution in [0.25, 0.3) is 0 Å². The van der Waals surface area contributed by atoms with Crippen LogP contribution in [-0.4, -0.2) is 5.60 Å². The number of hydrogen-bond donors (Lipinski definition) is 0. The molecule has 1 aromatic rings. The molecule has 0 amide bonds. The van der Waals surface area contributed by atoms with Gasteiger partial charge in [-0.15, -0.1) is 5.60 Å². The molecule has 0 unspecified atom stereocenters. The molecule has 0 spiro atoms. The number of rotatable bonds is 0. The van der Waals surface area contributed by atoms with Crippen LogP contribution in [0.3, 0.4) is 0 Å². The van der Waals surface area contributed by atoms with E-state index in [4.69, 9.17) is 0 Å². The molecule has 1 aromatic carbocycles. The second kappa shape index (κ2) is 7.57. The average molecular weight is 188 g/mol. The summed E-state index contributed by atoms with van der Waals surface area (Å²) in [6.07, 6.45) is 0.